The molecule has 2 aromatic carbocycles. The first kappa shape index (κ1) is 17.6. The highest BCUT2D eigenvalue weighted by molar-refractivity contribution is 6.30. The molecule has 3 nitrogen and oxygen atoms in total. The van der Waals surface area contributed by atoms with Crippen LogP contribution >= 0.6 is 11.6 Å². The summed E-state index contributed by atoms with van der Waals surface area (Å²) in [6, 6.07) is 12.2. The minimum absolute atomic E-state index is 0.0703. The fourth-order valence-corrected chi connectivity index (χ4v) is 2.55. The van der Waals surface area contributed by atoms with E-state index in [9.17, 15) is 0 Å². The van der Waals surface area contributed by atoms with Crippen LogP contribution < -0.4 is 14.8 Å². The maximum absolute atomic E-state index is 6.19. The van der Waals surface area contributed by atoms with Crippen molar-refractivity contribution in [1.29, 1.82) is 0 Å². The highest BCUT2D eigenvalue weighted by atomic mass is 35.5. The van der Waals surface area contributed by atoms with E-state index in [0.717, 1.165) is 17.9 Å². The van der Waals surface area contributed by atoms with E-state index in [4.69, 9.17) is 21.1 Å². The van der Waals surface area contributed by atoms with Crippen LogP contribution in [0.2, 0.25) is 5.02 Å². The summed E-state index contributed by atoms with van der Waals surface area (Å²) >= 11 is 6.19. The van der Waals surface area contributed by atoms with Crippen molar-refractivity contribution in [2.45, 2.75) is 40.0 Å². The maximum atomic E-state index is 6.19. The number of aryl methyl sites for hydroxylation is 1. The summed E-state index contributed by atoms with van der Waals surface area (Å²) in [5.74, 6) is 1.42. The van der Waals surface area contributed by atoms with Gasteiger partial charge in [0.25, 0.3) is 0 Å². The zero-order valence-electron chi connectivity index (χ0n) is 14.2. The van der Waals surface area contributed by atoms with Crippen LogP contribution in [0.25, 0.3) is 0 Å². The Kier molecular flexibility index (Phi) is 6.31. The van der Waals surface area contributed by atoms with Crippen LogP contribution in [0.15, 0.2) is 36.4 Å². The van der Waals surface area contributed by atoms with Crippen molar-refractivity contribution in [2.75, 3.05) is 7.11 Å². The van der Waals surface area contributed by atoms with Gasteiger partial charge >= 0.3 is 0 Å². The molecule has 0 aliphatic rings. The van der Waals surface area contributed by atoms with E-state index in [1.807, 2.05) is 19.9 Å². The van der Waals surface area contributed by atoms with E-state index >= 15 is 0 Å². The zero-order valence-corrected chi connectivity index (χ0v) is 14.9. The Morgan fingerprint density at radius 3 is 2.39 bits per heavy atom. The molecule has 23 heavy (non-hydrogen) atoms. The second kappa shape index (κ2) is 8.23. The molecular formula is C19H24ClNO2. The second-order valence-electron chi connectivity index (χ2n) is 5.85. The molecule has 0 saturated carbocycles. The van der Waals surface area contributed by atoms with Gasteiger partial charge in [0, 0.05) is 29.7 Å². The molecule has 0 heterocycles. The van der Waals surface area contributed by atoms with Gasteiger partial charge in [0.2, 0.25) is 0 Å². The predicted molar refractivity (Wildman–Crippen MR) is 95.5 cm³/mol. The van der Waals surface area contributed by atoms with Gasteiger partial charge in [-0.15, -0.1) is 0 Å². The highest BCUT2D eigenvalue weighted by Gasteiger charge is 2.14. The lowest BCUT2D eigenvalue weighted by Crippen LogP contribution is -2.15. The Balaban J connectivity index is 2.11. The van der Waals surface area contributed by atoms with Crippen LogP contribution in [0.5, 0.6) is 11.5 Å². The average molecular weight is 334 g/mol. The summed E-state index contributed by atoms with van der Waals surface area (Å²) < 4.78 is 11.3. The number of methoxy groups -OCH3 is 1. The monoisotopic (exact) mass is 333 g/mol. The lowest BCUT2D eigenvalue weighted by Gasteiger charge is -2.18. The van der Waals surface area contributed by atoms with E-state index < -0.39 is 0 Å². The summed E-state index contributed by atoms with van der Waals surface area (Å²) in [6.07, 6.45) is 0.0703. The Labute approximate surface area is 143 Å². The molecule has 0 atom stereocenters. The van der Waals surface area contributed by atoms with Crippen LogP contribution in [-0.2, 0) is 13.1 Å². The molecule has 0 aromatic heterocycles. The molecular weight excluding hydrogens is 310 g/mol. The molecule has 0 amide bonds. The Morgan fingerprint density at radius 1 is 1.09 bits per heavy atom. The molecule has 0 saturated heterocycles. The molecule has 0 aliphatic heterocycles. The molecule has 2 rings (SSSR count). The fraction of sp³-hybridized carbons (Fsp3) is 0.368. The molecule has 124 valence electrons. The predicted octanol–water partition coefficient (Wildman–Crippen LogP) is 4.73. The van der Waals surface area contributed by atoms with Gasteiger partial charge in [-0.1, -0.05) is 41.4 Å². The Morgan fingerprint density at radius 2 is 1.78 bits per heavy atom. The number of hydrogen-bond acceptors (Lipinski definition) is 3. The number of hydrogen-bond donors (Lipinski definition) is 1. The van der Waals surface area contributed by atoms with Gasteiger partial charge in [-0.3, -0.25) is 0 Å². The molecule has 0 spiro atoms. The smallest absolute Gasteiger partial charge is 0.166 e. The van der Waals surface area contributed by atoms with E-state index in [-0.39, 0.29) is 6.10 Å². The van der Waals surface area contributed by atoms with Crippen molar-refractivity contribution >= 4 is 11.6 Å². The number of rotatable bonds is 7. The van der Waals surface area contributed by atoms with E-state index in [2.05, 4.69) is 36.5 Å². The lowest BCUT2D eigenvalue weighted by atomic mass is 10.1. The third kappa shape index (κ3) is 5.15. The molecule has 1 N–H and O–H groups in total. The van der Waals surface area contributed by atoms with Crippen molar-refractivity contribution in [3.8, 4) is 11.5 Å². The quantitative estimate of drug-likeness (QED) is 0.794. The number of ether oxygens (including phenoxy) is 2. The summed E-state index contributed by atoms with van der Waals surface area (Å²) in [6.45, 7) is 7.53. The van der Waals surface area contributed by atoms with Gasteiger partial charge in [0.15, 0.2) is 11.5 Å². The Hall–Kier alpha value is -1.71. The lowest BCUT2D eigenvalue weighted by molar-refractivity contribution is 0.227. The molecule has 0 bridgehead atoms. The van der Waals surface area contributed by atoms with Gasteiger partial charge in [-0.05, 0) is 32.4 Å². The minimum atomic E-state index is 0.0703. The Bertz CT molecular complexity index is 639. The average Bonchev–Trinajstić information content (AvgIpc) is 2.51. The normalized spacial score (nSPS) is 10.9. The van der Waals surface area contributed by atoms with Crippen LogP contribution in [0.1, 0.15) is 30.5 Å². The third-order valence-electron chi connectivity index (χ3n) is 3.44. The summed E-state index contributed by atoms with van der Waals surface area (Å²) in [7, 11) is 1.63. The molecule has 0 fully saturated rings. The van der Waals surface area contributed by atoms with Crippen molar-refractivity contribution in [3.05, 3.63) is 58.1 Å². The van der Waals surface area contributed by atoms with Gasteiger partial charge in [-0.25, -0.2) is 0 Å². The number of benzene rings is 2. The molecule has 2 aromatic rings. The van der Waals surface area contributed by atoms with Crippen LogP contribution in [-0.4, -0.2) is 13.2 Å². The van der Waals surface area contributed by atoms with Crippen LogP contribution in [0.3, 0.4) is 0 Å². The SMILES string of the molecule is COc1cc(Cl)cc(CNCc2ccc(C)cc2)c1OC(C)C. The van der Waals surface area contributed by atoms with Crippen molar-refractivity contribution in [1.82, 2.24) is 5.32 Å². The van der Waals surface area contributed by atoms with E-state index in [1.165, 1.54) is 11.1 Å². The molecule has 4 heteroatoms. The van der Waals surface area contributed by atoms with Gasteiger partial charge in [0.05, 0.1) is 13.2 Å². The molecule has 0 aliphatic carbocycles. The van der Waals surface area contributed by atoms with Crippen molar-refractivity contribution in [3.63, 3.8) is 0 Å². The standard InChI is InChI=1S/C19H24ClNO2/c1-13(2)23-19-16(9-17(20)10-18(19)22-4)12-21-11-15-7-5-14(3)6-8-15/h5-10,13,21H,11-12H2,1-4H3. The first-order chi connectivity index (χ1) is 11.0. The van der Waals surface area contributed by atoms with Crippen molar-refractivity contribution < 1.29 is 9.47 Å². The topological polar surface area (TPSA) is 30.5 Å². The summed E-state index contributed by atoms with van der Waals surface area (Å²) in [5, 5.41) is 4.08. The summed E-state index contributed by atoms with van der Waals surface area (Å²) in [4.78, 5) is 0. The summed E-state index contributed by atoms with van der Waals surface area (Å²) in [5.41, 5.74) is 3.51. The number of nitrogens with one attached hydrogen (secondary N) is 1. The maximum Gasteiger partial charge on any atom is 0.166 e. The van der Waals surface area contributed by atoms with Gasteiger partial charge < -0.3 is 14.8 Å². The minimum Gasteiger partial charge on any atom is -0.493 e. The first-order valence-electron chi connectivity index (χ1n) is 7.79. The van der Waals surface area contributed by atoms with Gasteiger partial charge in [-0.2, -0.15) is 0 Å². The third-order valence-corrected chi connectivity index (χ3v) is 3.65. The highest BCUT2D eigenvalue weighted by Crippen LogP contribution is 2.35. The van der Waals surface area contributed by atoms with E-state index in [1.54, 1.807) is 13.2 Å². The number of halogens is 1. The van der Waals surface area contributed by atoms with Crippen molar-refractivity contribution in [2.24, 2.45) is 0 Å². The van der Waals surface area contributed by atoms with Gasteiger partial charge in [0.1, 0.15) is 0 Å². The zero-order chi connectivity index (χ0) is 16.8. The second-order valence-corrected chi connectivity index (χ2v) is 6.29. The first-order valence-corrected chi connectivity index (χ1v) is 8.16. The molecule has 0 radical (unpaired) electrons. The fourth-order valence-electron chi connectivity index (χ4n) is 2.32. The van der Waals surface area contributed by atoms with E-state index in [0.29, 0.717) is 17.3 Å². The largest absolute Gasteiger partial charge is 0.493 e. The van der Waals surface area contributed by atoms with Crippen LogP contribution in [0, 0.1) is 6.92 Å². The van der Waals surface area contributed by atoms with Crippen LogP contribution in [0.4, 0.5) is 0 Å². The molecule has 0 unspecified atom stereocenters.